The van der Waals surface area contributed by atoms with Gasteiger partial charge in [0.05, 0.1) is 18.9 Å². The highest BCUT2D eigenvalue weighted by molar-refractivity contribution is 5.91. The van der Waals surface area contributed by atoms with Gasteiger partial charge in [-0.3, -0.25) is 19.6 Å². The lowest BCUT2D eigenvalue weighted by Crippen LogP contribution is -2.54. The molecule has 4 heterocycles. The normalized spacial score (nSPS) is 21.7. The van der Waals surface area contributed by atoms with E-state index in [0.717, 1.165) is 94.4 Å². The van der Waals surface area contributed by atoms with Crippen LogP contribution < -0.4 is 10.6 Å². The number of aromatic nitrogens is 1. The highest BCUT2D eigenvalue weighted by Gasteiger charge is 2.34. The molecule has 3 aliphatic heterocycles. The fraction of sp³-hybridized carbons (Fsp3) is 0.438. The maximum absolute atomic E-state index is 13.2. The van der Waals surface area contributed by atoms with Gasteiger partial charge in [-0.05, 0) is 73.1 Å². The molecular formula is C32H39N5O2. The summed E-state index contributed by atoms with van der Waals surface area (Å²) in [5, 5.41) is 6.77. The van der Waals surface area contributed by atoms with E-state index in [1.54, 1.807) is 0 Å². The van der Waals surface area contributed by atoms with E-state index >= 15 is 0 Å². The van der Waals surface area contributed by atoms with Crippen molar-refractivity contribution in [3.63, 3.8) is 0 Å². The van der Waals surface area contributed by atoms with Gasteiger partial charge in [-0.25, -0.2) is 0 Å². The fourth-order valence-electron chi connectivity index (χ4n) is 6.44. The molecule has 7 nitrogen and oxygen atoms in total. The molecule has 3 aromatic rings. The number of amides is 1. The molecule has 1 amide bonds. The monoisotopic (exact) mass is 525 g/mol. The van der Waals surface area contributed by atoms with Crippen molar-refractivity contribution in [2.45, 2.75) is 44.7 Å². The standard InChI is InChI=1S/C32H39N5O2/c38-32(34-27-12-10-25-9-8-24-5-1-2-7-29(24)35-30(25)21-27)13-11-26-22-36(23-28-6-3-4-15-33-28)16-14-31(26)37-17-19-39-20-18-37/h1-7,10,12,15,21,26,31,35H,8-9,11,13-14,16-20,22-23H2,(H,34,38)/t26-,31+/m0/s1. The molecule has 2 N–H and O–H groups in total. The molecule has 0 aliphatic carbocycles. The third-order valence-corrected chi connectivity index (χ3v) is 8.49. The Morgan fingerprint density at radius 2 is 1.79 bits per heavy atom. The zero-order chi connectivity index (χ0) is 26.4. The number of fused-ring (bicyclic) bond motifs is 2. The lowest BCUT2D eigenvalue weighted by atomic mass is 9.86. The van der Waals surface area contributed by atoms with E-state index in [9.17, 15) is 4.79 Å². The van der Waals surface area contributed by atoms with Crippen molar-refractivity contribution in [2.24, 2.45) is 5.92 Å². The first kappa shape index (κ1) is 26.0. The second-order valence-corrected chi connectivity index (χ2v) is 11.1. The van der Waals surface area contributed by atoms with E-state index in [4.69, 9.17) is 4.74 Å². The Morgan fingerprint density at radius 1 is 0.974 bits per heavy atom. The number of piperidine rings is 1. The second-order valence-electron chi connectivity index (χ2n) is 11.1. The largest absolute Gasteiger partial charge is 0.379 e. The summed E-state index contributed by atoms with van der Waals surface area (Å²) in [5.74, 6) is 0.531. The molecule has 204 valence electrons. The van der Waals surface area contributed by atoms with Gasteiger partial charge in [-0.15, -0.1) is 0 Å². The number of morpholine rings is 1. The van der Waals surface area contributed by atoms with E-state index in [1.807, 2.05) is 18.3 Å². The van der Waals surface area contributed by atoms with E-state index in [1.165, 1.54) is 11.1 Å². The van der Waals surface area contributed by atoms with Gasteiger partial charge in [0.15, 0.2) is 0 Å². The third kappa shape index (κ3) is 6.49. The average Bonchev–Trinajstić information content (AvgIpc) is 3.16. The first-order chi connectivity index (χ1) is 19.2. The van der Waals surface area contributed by atoms with Crippen LogP contribution in [-0.4, -0.2) is 66.1 Å². The average molecular weight is 526 g/mol. The summed E-state index contributed by atoms with van der Waals surface area (Å²) in [5.41, 5.74) is 6.82. The summed E-state index contributed by atoms with van der Waals surface area (Å²) in [6.07, 6.45) is 6.41. The van der Waals surface area contributed by atoms with Crippen LogP contribution in [0.2, 0.25) is 0 Å². The SMILES string of the molecule is O=C(CC[C@H]1CN(Cc2ccccn2)CC[C@H]1N1CCOCC1)Nc1ccc2c(c1)Nc1ccccc1CC2. The van der Waals surface area contributed by atoms with Crippen LogP contribution in [0.15, 0.2) is 66.9 Å². The van der Waals surface area contributed by atoms with Gasteiger partial charge in [0.25, 0.3) is 0 Å². The van der Waals surface area contributed by atoms with Crippen LogP contribution in [0.5, 0.6) is 0 Å². The summed E-state index contributed by atoms with van der Waals surface area (Å²) in [7, 11) is 0. The van der Waals surface area contributed by atoms with Crippen LogP contribution in [-0.2, 0) is 28.9 Å². The van der Waals surface area contributed by atoms with Crippen molar-refractivity contribution in [2.75, 3.05) is 50.0 Å². The highest BCUT2D eigenvalue weighted by Crippen LogP contribution is 2.32. The quantitative estimate of drug-likeness (QED) is 0.459. The number of para-hydroxylation sites is 1. The minimum absolute atomic E-state index is 0.0894. The van der Waals surface area contributed by atoms with Crippen molar-refractivity contribution >= 4 is 23.0 Å². The van der Waals surface area contributed by atoms with Gasteiger partial charge in [0.1, 0.15) is 0 Å². The molecule has 3 aliphatic rings. The molecule has 1 aromatic heterocycles. The minimum Gasteiger partial charge on any atom is -0.379 e. The molecular weight excluding hydrogens is 486 g/mol. The van der Waals surface area contributed by atoms with Crippen LogP contribution in [0.4, 0.5) is 17.1 Å². The molecule has 39 heavy (non-hydrogen) atoms. The van der Waals surface area contributed by atoms with Crippen molar-refractivity contribution in [3.05, 3.63) is 83.7 Å². The lowest BCUT2D eigenvalue weighted by Gasteiger charge is -2.45. The van der Waals surface area contributed by atoms with Gasteiger partial charge >= 0.3 is 0 Å². The Kier molecular flexibility index (Phi) is 8.19. The number of carbonyl (C=O) groups excluding carboxylic acids is 1. The Balaban J connectivity index is 1.09. The summed E-state index contributed by atoms with van der Waals surface area (Å²) in [6.45, 7) is 6.50. The molecule has 6 rings (SSSR count). The van der Waals surface area contributed by atoms with Crippen LogP contribution in [0, 0.1) is 5.92 Å². The molecule has 2 aromatic carbocycles. The summed E-state index contributed by atoms with van der Waals surface area (Å²) in [6, 6.07) is 21.4. The first-order valence-electron chi connectivity index (χ1n) is 14.4. The zero-order valence-corrected chi connectivity index (χ0v) is 22.6. The Morgan fingerprint density at radius 3 is 2.64 bits per heavy atom. The van der Waals surface area contributed by atoms with Gasteiger partial charge in [0, 0.05) is 68.4 Å². The maximum Gasteiger partial charge on any atom is 0.224 e. The Hall–Kier alpha value is -3.26. The number of hydrogen-bond donors (Lipinski definition) is 2. The number of hydrogen-bond acceptors (Lipinski definition) is 6. The predicted molar refractivity (Wildman–Crippen MR) is 155 cm³/mol. The molecule has 7 heteroatoms. The van der Waals surface area contributed by atoms with Crippen LogP contribution in [0.1, 0.15) is 36.1 Å². The van der Waals surface area contributed by atoms with E-state index in [-0.39, 0.29) is 5.91 Å². The highest BCUT2D eigenvalue weighted by atomic mass is 16.5. The summed E-state index contributed by atoms with van der Waals surface area (Å²) < 4.78 is 5.63. The second kappa shape index (κ2) is 12.3. The number of rotatable bonds is 7. The molecule has 0 saturated carbocycles. The van der Waals surface area contributed by atoms with Crippen molar-refractivity contribution in [1.82, 2.24) is 14.8 Å². The van der Waals surface area contributed by atoms with Gasteiger partial charge < -0.3 is 15.4 Å². The van der Waals surface area contributed by atoms with Gasteiger partial charge in [0.2, 0.25) is 5.91 Å². The van der Waals surface area contributed by atoms with Crippen molar-refractivity contribution in [3.8, 4) is 0 Å². The molecule has 0 radical (unpaired) electrons. The number of pyridine rings is 1. The number of ether oxygens (including phenoxy) is 1. The topological polar surface area (TPSA) is 69.7 Å². The van der Waals surface area contributed by atoms with Gasteiger partial charge in [-0.2, -0.15) is 0 Å². The van der Waals surface area contributed by atoms with E-state index in [0.29, 0.717) is 18.4 Å². The number of aryl methyl sites for hydroxylation is 2. The molecule has 0 spiro atoms. The van der Waals surface area contributed by atoms with Crippen LogP contribution >= 0.6 is 0 Å². The fourth-order valence-corrected chi connectivity index (χ4v) is 6.44. The first-order valence-corrected chi connectivity index (χ1v) is 14.4. The Labute approximate surface area is 231 Å². The van der Waals surface area contributed by atoms with Crippen LogP contribution in [0.25, 0.3) is 0 Å². The smallest absolute Gasteiger partial charge is 0.224 e. The molecule has 0 unspecified atom stereocenters. The van der Waals surface area contributed by atoms with Crippen LogP contribution in [0.3, 0.4) is 0 Å². The molecule has 2 atom stereocenters. The number of anilines is 3. The van der Waals surface area contributed by atoms with E-state index < -0.39 is 0 Å². The summed E-state index contributed by atoms with van der Waals surface area (Å²) in [4.78, 5) is 22.8. The number of benzene rings is 2. The predicted octanol–water partition coefficient (Wildman–Crippen LogP) is 4.87. The number of nitrogens with one attached hydrogen (secondary N) is 2. The van der Waals surface area contributed by atoms with Crippen molar-refractivity contribution < 1.29 is 9.53 Å². The molecule has 2 saturated heterocycles. The molecule has 0 bridgehead atoms. The lowest BCUT2D eigenvalue weighted by molar-refractivity contribution is -0.116. The number of likely N-dealkylation sites (tertiary alicyclic amines) is 1. The summed E-state index contributed by atoms with van der Waals surface area (Å²) >= 11 is 0. The number of nitrogens with zero attached hydrogens (tertiary/aromatic N) is 3. The zero-order valence-electron chi connectivity index (χ0n) is 22.6. The van der Waals surface area contributed by atoms with E-state index in [2.05, 4.69) is 73.9 Å². The minimum atomic E-state index is 0.0894. The number of carbonyl (C=O) groups is 1. The maximum atomic E-state index is 13.2. The Bertz CT molecular complexity index is 1260. The van der Waals surface area contributed by atoms with Gasteiger partial charge in [-0.1, -0.05) is 30.3 Å². The van der Waals surface area contributed by atoms with Crippen molar-refractivity contribution in [1.29, 1.82) is 0 Å². The third-order valence-electron chi connectivity index (χ3n) is 8.49. The molecule has 2 fully saturated rings.